The van der Waals surface area contributed by atoms with Gasteiger partial charge in [-0.3, -0.25) is 19.2 Å². The quantitative estimate of drug-likeness (QED) is 0.0888. The maximum atomic E-state index is 14.5. The van der Waals surface area contributed by atoms with E-state index in [0.717, 1.165) is 5.56 Å². The molecule has 0 aliphatic carbocycles. The molecule has 21 heteroatoms. The standard InChI is InChI=1S/C46H75N7O11S.CH3FS/c1-12-37-46(8)40(53(44(57)64-46)21-14-13-20-52-27-35(49-50-52)33-17-15-18-34(47)24-33)32(6)48-26-28(2)25-45(7,60-10)41(30(4)38(54)31(5)42(56)62-37)63-43-39(55)36(23-29(3)61-43)51(9)19-16-22-65(11,58)59;1-3-2/h15,17-18,24,27-32,36-37,39-41,43,48,55H,12-14,16,19-23,25-26,47H2,1-11H3;1H3/t28-,29?,30+,31-,32-,36?,37-,39?,40-,41-,43+,45-,46-;/m1./s1. The van der Waals surface area contributed by atoms with Crippen molar-refractivity contribution in [2.45, 2.75) is 160 Å². The van der Waals surface area contributed by atoms with Gasteiger partial charge in [0, 0.05) is 74.1 Å². The van der Waals surface area contributed by atoms with Crippen molar-refractivity contribution in [1.29, 1.82) is 0 Å². The van der Waals surface area contributed by atoms with Crippen LogP contribution in [0.2, 0.25) is 0 Å². The van der Waals surface area contributed by atoms with Gasteiger partial charge in [-0.2, -0.15) is 3.89 Å². The molecule has 5 rings (SSSR count). The van der Waals surface area contributed by atoms with Crippen molar-refractivity contribution in [3.05, 3.63) is 30.5 Å². The van der Waals surface area contributed by atoms with Crippen LogP contribution in [0.15, 0.2) is 30.5 Å². The molecule has 68 heavy (non-hydrogen) atoms. The number of nitrogen functional groups attached to an aromatic ring is 1. The largest absolute Gasteiger partial charge is 0.458 e. The first-order valence-electron chi connectivity index (χ1n) is 23.7. The predicted molar refractivity (Wildman–Crippen MR) is 260 cm³/mol. The minimum atomic E-state index is -3.16. The number of halogens is 1. The van der Waals surface area contributed by atoms with Gasteiger partial charge in [-0.15, -0.1) is 5.10 Å². The minimum Gasteiger partial charge on any atom is -0.458 e. The summed E-state index contributed by atoms with van der Waals surface area (Å²) in [5.74, 6) is -3.42. The number of rotatable bonds is 15. The number of aromatic nitrogens is 3. The number of hydrogen-bond donors (Lipinski definition) is 3. The second kappa shape index (κ2) is 25.1. The van der Waals surface area contributed by atoms with E-state index in [4.69, 9.17) is 29.4 Å². The molecule has 3 fully saturated rings. The van der Waals surface area contributed by atoms with E-state index in [2.05, 4.69) is 22.6 Å². The van der Waals surface area contributed by atoms with Gasteiger partial charge in [-0.05, 0) is 111 Å². The SMILES string of the molecule is CC[C@H]1OC(=O)[C@H](C)C(=O)[C@H](C)[C@@H](O[C@@H]2OC(C)CC(N(C)CCCS(C)(=O)=O)C2O)[C@](C)(OC)C[C@@H](C)CN[C@H](C)[C@H]2N(CCCCn3cc(-c4cccc(N)c4)nn3)C(=O)O[C@]12C.CSF. The number of likely N-dealkylation sites (N-methyl/N-ethyl adjacent to an activating group) is 1. The van der Waals surface area contributed by atoms with Crippen LogP contribution in [0.3, 0.4) is 0 Å². The molecule has 4 N–H and O–H groups in total. The maximum Gasteiger partial charge on any atom is 0.410 e. The first kappa shape index (κ1) is 57.1. The van der Waals surface area contributed by atoms with Crippen LogP contribution in [0.4, 0.5) is 14.4 Å². The number of cyclic esters (lactones) is 1. The lowest BCUT2D eigenvalue weighted by Crippen LogP contribution is -2.61. The monoisotopic (exact) mass is 1000 g/mol. The average molecular weight is 1000 g/mol. The zero-order valence-corrected chi connectivity index (χ0v) is 43.7. The van der Waals surface area contributed by atoms with Gasteiger partial charge in [-0.1, -0.05) is 38.1 Å². The van der Waals surface area contributed by atoms with Crippen molar-refractivity contribution in [2.75, 3.05) is 57.8 Å². The fraction of sp³-hybridized carbons (Fsp3) is 0.766. The Kier molecular flexibility index (Phi) is 21.1. The Bertz CT molecular complexity index is 2070. The summed E-state index contributed by atoms with van der Waals surface area (Å²) in [6.07, 6.45) is 2.32. The number of aliphatic hydroxyl groups excluding tert-OH is 1. The number of ketones is 1. The van der Waals surface area contributed by atoms with E-state index in [-0.39, 0.29) is 36.0 Å². The highest BCUT2D eigenvalue weighted by Gasteiger charge is 2.58. The number of esters is 1. The highest BCUT2D eigenvalue weighted by Crippen LogP contribution is 2.40. The molecule has 13 atom stereocenters. The van der Waals surface area contributed by atoms with Gasteiger partial charge >= 0.3 is 12.1 Å². The first-order valence-corrected chi connectivity index (χ1v) is 26.9. The lowest BCUT2D eigenvalue weighted by Gasteiger charge is -2.47. The van der Waals surface area contributed by atoms with Crippen LogP contribution in [0.25, 0.3) is 11.3 Å². The molecule has 3 unspecified atom stereocenters. The number of methoxy groups -OCH3 is 1. The van der Waals surface area contributed by atoms with E-state index in [9.17, 15) is 31.8 Å². The van der Waals surface area contributed by atoms with Crippen LogP contribution < -0.4 is 11.1 Å². The normalized spacial score (nSPS) is 33.2. The third kappa shape index (κ3) is 14.6. The third-order valence-electron chi connectivity index (χ3n) is 13.7. The lowest BCUT2D eigenvalue weighted by molar-refractivity contribution is -0.296. The van der Waals surface area contributed by atoms with E-state index in [1.807, 2.05) is 70.1 Å². The Balaban J connectivity index is 0.00000327. The number of ether oxygens (including phenoxy) is 5. The van der Waals surface area contributed by atoms with Crippen molar-refractivity contribution < 1.29 is 55.5 Å². The minimum absolute atomic E-state index is 0.0223. The molecule has 3 aliphatic rings. The summed E-state index contributed by atoms with van der Waals surface area (Å²) in [5.41, 5.74) is 5.80. The fourth-order valence-corrected chi connectivity index (χ4v) is 10.8. The number of Topliss-reactive ketones (excluding diaryl/α,β-unsaturated/α-hetero) is 1. The number of carbonyl (C=O) groups excluding carboxylic acids is 3. The molecule has 0 saturated carbocycles. The van der Waals surface area contributed by atoms with Gasteiger partial charge in [0.15, 0.2) is 17.7 Å². The van der Waals surface area contributed by atoms with Gasteiger partial charge < -0.3 is 44.7 Å². The number of carbonyl (C=O) groups is 3. The number of nitrogens with one attached hydrogen (secondary N) is 1. The van der Waals surface area contributed by atoms with Gasteiger partial charge in [0.05, 0.1) is 35.8 Å². The van der Waals surface area contributed by atoms with Crippen LogP contribution in [0, 0.1) is 17.8 Å². The van der Waals surface area contributed by atoms with Crippen LogP contribution in [0.5, 0.6) is 0 Å². The Morgan fingerprint density at radius 1 is 1.10 bits per heavy atom. The Hall–Kier alpha value is -3.44. The van der Waals surface area contributed by atoms with Gasteiger partial charge in [0.25, 0.3) is 0 Å². The number of amides is 1. The molecule has 1 amide bonds. The molecule has 1 aromatic carbocycles. The lowest BCUT2D eigenvalue weighted by atomic mass is 9.78. The number of sulfone groups is 1. The Labute approximate surface area is 407 Å². The number of anilines is 1. The fourth-order valence-electron chi connectivity index (χ4n) is 10.1. The van der Waals surface area contributed by atoms with Crippen LogP contribution >= 0.6 is 12.1 Å². The summed E-state index contributed by atoms with van der Waals surface area (Å²) < 4.78 is 67.3. The number of fused-ring (bicyclic) bond motifs is 1. The molecule has 0 bridgehead atoms. The Morgan fingerprint density at radius 3 is 2.41 bits per heavy atom. The summed E-state index contributed by atoms with van der Waals surface area (Å²) >= 11 is 0.250. The molecule has 0 radical (unpaired) electrons. The molecular weight excluding hydrogens is 922 g/mol. The third-order valence-corrected chi connectivity index (χ3v) is 14.8. The molecule has 18 nitrogen and oxygen atoms in total. The number of hydrogen-bond acceptors (Lipinski definition) is 17. The summed E-state index contributed by atoms with van der Waals surface area (Å²) in [5, 5.41) is 24.1. The van der Waals surface area contributed by atoms with Crippen LogP contribution in [-0.4, -0.2) is 168 Å². The highest BCUT2D eigenvalue weighted by atomic mass is 32.2. The number of benzene rings is 1. The molecule has 3 aliphatic heterocycles. The van der Waals surface area contributed by atoms with Crippen molar-refractivity contribution in [2.24, 2.45) is 17.8 Å². The van der Waals surface area contributed by atoms with Crippen molar-refractivity contribution in [1.82, 2.24) is 30.1 Å². The number of unbranched alkanes of at least 4 members (excludes halogenated alkanes) is 1. The van der Waals surface area contributed by atoms with E-state index in [0.29, 0.717) is 76.1 Å². The predicted octanol–water partition coefficient (Wildman–Crippen LogP) is 5.32. The van der Waals surface area contributed by atoms with E-state index >= 15 is 0 Å². The van der Waals surface area contributed by atoms with Crippen LogP contribution in [-0.2, 0) is 49.7 Å². The number of aliphatic hydroxyl groups is 1. The molecule has 4 heterocycles. The number of nitrogens with two attached hydrogens (primary N) is 1. The van der Waals surface area contributed by atoms with Crippen LogP contribution in [0.1, 0.15) is 93.9 Å². The molecule has 1 aromatic heterocycles. The van der Waals surface area contributed by atoms with Crippen molar-refractivity contribution in [3.63, 3.8) is 0 Å². The summed E-state index contributed by atoms with van der Waals surface area (Å²) in [4.78, 5) is 46.2. The van der Waals surface area contributed by atoms with E-state index in [1.54, 1.807) is 30.5 Å². The molecular formula is C47H78FN7O11S2. The maximum absolute atomic E-state index is 14.5. The highest BCUT2D eigenvalue weighted by molar-refractivity contribution is 7.93. The van der Waals surface area contributed by atoms with Gasteiger partial charge in [-0.25, -0.2) is 13.2 Å². The summed E-state index contributed by atoms with van der Waals surface area (Å²) in [6, 6.07) is 6.15. The van der Waals surface area contributed by atoms with Gasteiger partial charge in [0.2, 0.25) is 0 Å². The number of aryl methyl sites for hydroxylation is 1. The summed E-state index contributed by atoms with van der Waals surface area (Å²) in [7, 11) is 0.233. The first-order chi connectivity index (χ1) is 31.9. The van der Waals surface area contributed by atoms with E-state index in [1.165, 1.54) is 19.4 Å². The smallest absolute Gasteiger partial charge is 0.410 e. The summed E-state index contributed by atoms with van der Waals surface area (Å²) in [6.45, 7) is 16.5. The molecule has 386 valence electrons. The molecule has 2 aromatic rings. The van der Waals surface area contributed by atoms with E-state index < -0.39 is 87.4 Å². The van der Waals surface area contributed by atoms with Crippen molar-refractivity contribution in [3.8, 4) is 11.3 Å². The Morgan fingerprint density at radius 2 is 1.78 bits per heavy atom. The average Bonchev–Trinajstić information content (AvgIpc) is 3.86. The zero-order chi connectivity index (χ0) is 50.7. The van der Waals surface area contributed by atoms with Crippen molar-refractivity contribution >= 4 is 45.5 Å². The second-order valence-corrected chi connectivity index (χ2v) is 22.0. The topological polar surface area (TPSA) is 227 Å². The number of nitrogens with zero attached hydrogens (tertiary/aromatic N) is 5. The second-order valence-electron chi connectivity index (χ2n) is 19.4. The molecule has 0 spiro atoms. The zero-order valence-electron chi connectivity index (χ0n) is 42.1. The van der Waals surface area contributed by atoms with Gasteiger partial charge in [0.1, 0.15) is 33.7 Å². The molecule has 3 saturated heterocycles.